The summed E-state index contributed by atoms with van der Waals surface area (Å²) >= 11 is 5.68. The molecule has 3 rings (SSSR count). The number of nitrogens with one attached hydrogen (secondary N) is 1. The highest BCUT2D eigenvalue weighted by molar-refractivity contribution is 7.92. The van der Waals surface area contributed by atoms with Gasteiger partial charge < -0.3 is 4.90 Å². The quantitative estimate of drug-likeness (QED) is 0.871. The first-order chi connectivity index (χ1) is 10.5. The van der Waals surface area contributed by atoms with Gasteiger partial charge in [-0.05, 0) is 43.2 Å². The highest BCUT2D eigenvalue weighted by Crippen LogP contribution is 2.25. The normalized spacial score (nSPS) is 15.0. The summed E-state index contributed by atoms with van der Waals surface area (Å²) in [5, 5.41) is 0.259. The lowest BCUT2D eigenvalue weighted by molar-refractivity contribution is 0.601. The zero-order valence-electron chi connectivity index (χ0n) is 11.9. The molecule has 22 heavy (non-hydrogen) atoms. The van der Waals surface area contributed by atoms with Gasteiger partial charge in [0.05, 0.1) is 5.69 Å². The van der Waals surface area contributed by atoms with E-state index in [1.807, 2.05) is 18.2 Å². The van der Waals surface area contributed by atoms with Crippen molar-refractivity contribution in [3.05, 3.63) is 47.7 Å². The number of rotatable bonds is 4. The molecule has 2 aromatic rings. The number of hydrogen-bond donors (Lipinski definition) is 1. The smallest absolute Gasteiger partial charge is 0.263 e. The zero-order valence-corrected chi connectivity index (χ0v) is 13.4. The summed E-state index contributed by atoms with van der Waals surface area (Å²) in [4.78, 5) is 6.14. The molecule has 0 unspecified atom stereocenters. The summed E-state index contributed by atoms with van der Waals surface area (Å²) in [6, 6.07) is 10.3. The van der Waals surface area contributed by atoms with E-state index in [0.29, 0.717) is 5.69 Å². The molecule has 0 spiro atoms. The predicted octanol–water partition coefficient (Wildman–Crippen LogP) is 3.14. The minimum atomic E-state index is -3.66. The van der Waals surface area contributed by atoms with Gasteiger partial charge in [-0.3, -0.25) is 4.72 Å². The summed E-state index contributed by atoms with van der Waals surface area (Å²) in [6.07, 6.45) is 3.59. The first-order valence-electron chi connectivity index (χ1n) is 7.04. The van der Waals surface area contributed by atoms with Crippen LogP contribution < -0.4 is 9.62 Å². The molecule has 1 aromatic carbocycles. The van der Waals surface area contributed by atoms with Crippen LogP contribution in [0.5, 0.6) is 0 Å². The van der Waals surface area contributed by atoms with Crippen molar-refractivity contribution in [1.82, 2.24) is 4.98 Å². The Morgan fingerprint density at radius 3 is 2.59 bits per heavy atom. The molecule has 1 aromatic heterocycles. The highest BCUT2D eigenvalue weighted by Gasteiger charge is 2.16. The Morgan fingerprint density at radius 2 is 1.91 bits per heavy atom. The van der Waals surface area contributed by atoms with Gasteiger partial charge in [0.15, 0.2) is 0 Å². The van der Waals surface area contributed by atoms with Crippen LogP contribution in [0.25, 0.3) is 0 Å². The molecule has 7 heteroatoms. The molecule has 1 aliphatic rings. The number of halogens is 1. The maximum absolute atomic E-state index is 12.3. The van der Waals surface area contributed by atoms with Crippen LogP contribution in [0.1, 0.15) is 12.8 Å². The van der Waals surface area contributed by atoms with Gasteiger partial charge >= 0.3 is 0 Å². The number of pyridine rings is 1. The maximum Gasteiger partial charge on any atom is 0.263 e. The molecule has 0 atom stereocenters. The largest absolute Gasteiger partial charge is 0.371 e. The summed E-state index contributed by atoms with van der Waals surface area (Å²) in [7, 11) is -3.66. The van der Waals surface area contributed by atoms with Gasteiger partial charge in [0.25, 0.3) is 10.0 Å². The van der Waals surface area contributed by atoms with E-state index in [4.69, 9.17) is 11.6 Å². The molecule has 5 nitrogen and oxygen atoms in total. The van der Waals surface area contributed by atoms with Gasteiger partial charge in [-0.2, -0.15) is 0 Å². The van der Waals surface area contributed by atoms with E-state index in [1.54, 1.807) is 6.07 Å². The predicted molar refractivity (Wildman–Crippen MR) is 87.9 cm³/mol. The van der Waals surface area contributed by atoms with Crippen LogP contribution in [0, 0.1) is 0 Å². The van der Waals surface area contributed by atoms with Crippen molar-refractivity contribution in [3.8, 4) is 0 Å². The average molecular weight is 338 g/mol. The fourth-order valence-corrected chi connectivity index (χ4v) is 3.58. The van der Waals surface area contributed by atoms with Crippen LogP contribution in [-0.4, -0.2) is 26.5 Å². The second-order valence-electron chi connectivity index (χ2n) is 5.17. The van der Waals surface area contributed by atoms with E-state index in [-0.39, 0.29) is 10.0 Å². The minimum Gasteiger partial charge on any atom is -0.371 e. The molecule has 0 amide bonds. The molecule has 116 valence electrons. The lowest BCUT2D eigenvalue weighted by Gasteiger charge is -2.18. The molecule has 1 aliphatic heterocycles. The molecular formula is C15H16ClN3O2S. The monoisotopic (exact) mass is 337 g/mol. The van der Waals surface area contributed by atoms with Crippen molar-refractivity contribution in [2.45, 2.75) is 17.7 Å². The van der Waals surface area contributed by atoms with Crippen LogP contribution in [0.3, 0.4) is 0 Å². The Kier molecular flexibility index (Phi) is 4.22. The standard InChI is InChI=1S/C15H16ClN3O2S/c16-15-7-6-14(11-17-15)22(20,21)18-12-4-3-5-13(10-12)19-8-1-2-9-19/h3-7,10-11,18H,1-2,8-9H2. The van der Waals surface area contributed by atoms with Crippen molar-refractivity contribution in [3.63, 3.8) is 0 Å². The zero-order chi connectivity index (χ0) is 15.6. The Bertz CT molecular complexity index is 757. The van der Waals surface area contributed by atoms with Crippen LogP contribution in [0.15, 0.2) is 47.5 Å². The summed E-state index contributed by atoms with van der Waals surface area (Å²) < 4.78 is 27.3. The third kappa shape index (κ3) is 3.34. The van der Waals surface area contributed by atoms with Crippen molar-refractivity contribution >= 4 is 33.0 Å². The van der Waals surface area contributed by atoms with Crippen molar-refractivity contribution in [2.24, 2.45) is 0 Å². The fraction of sp³-hybridized carbons (Fsp3) is 0.267. The lowest BCUT2D eigenvalue weighted by atomic mass is 10.2. The third-order valence-corrected chi connectivity index (χ3v) is 5.17. The van der Waals surface area contributed by atoms with Crippen LogP contribution in [0.4, 0.5) is 11.4 Å². The number of aromatic nitrogens is 1. The molecule has 1 N–H and O–H groups in total. The molecule has 0 radical (unpaired) electrons. The molecule has 0 bridgehead atoms. The maximum atomic E-state index is 12.3. The summed E-state index contributed by atoms with van der Waals surface area (Å²) in [5.74, 6) is 0. The Hall–Kier alpha value is -1.79. The van der Waals surface area contributed by atoms with E-state index in [0.717, 1.165) is 18.8 Å². The van der Waals surface area contributed by atoms with Crippen molar-refractivity contribution in [1.29, 1.82) is 0 Å². The SMILES string of the molecule is O=S(=O)(Nc1cccc(N2CCCC2)c1)c1ccc(Cl)nc1. The van der Waals surface area contributed by atoms with Crippen LogP contribution in [0.2, 0.25) is 5.15 Å². The summed E-state index contributed by atoms with van der Waals surface area (Å²) in [5.41, 5.74) is 1.58. The molecule has 1 saturated heterocycles. The lowest BCUT2D eigenvalue weighted by Crippen LogP contribution is -2.18. The molecular weight excluding hydrogens is 322 g/mol. The van der Waals surface area contributed by atoms with E-state index in [1.165, 1.54) is 31.2 Å². The second-order valence-corrected chi connectivity index (χ2v) is 7.24. The molecule has 0 aliphatic carbocycles. The molecule has 2 heterocycles. The van der Waals surface area contributed by atoms with Crippen molar-refractivity contribution < 1.29 is 8.42 Å². The van der Waals surface area contributed by atoms with Crippen LogP contribution in [-0.2, 0) is 10.0 Å². The van der Waals surface area contributed by atoms with Gasteiger partial charge in [0.2, 0.25) is 0 Å². The van der Waals surface area contributed by atoms with Gasteiger partial charge in [0, 0.05) is 25.0 Å². The van der Waals surface area contributed by atoms with E-state index < -0.39 is 10.0 Å². The van der Waals surface area contributed by atoms with E-state index >= 15 is 0 Å². The fourth-order valence-electron chi connectivity index (χ4n) is 2.48. The van der Waals surface area contributed by atoms with E-state index in [2.05, 4.69) is 14.6 Å². The van der Waals surface area contributed by atoms with E-state index in [9.17, 15) is 8.42 Å². The second kappa shape index (κ2) is 6.14. The van der Waals surface area contributed by atoms with Gasteiger partial charge in [0.1, 0.15) is 10.0 Å². The molecule has 0 saturated carbocycles. The Morgan fingerprint density at radius 1 is 1.14 bits per heavy atom. The van der Waals surface area contributed by atoms with Gasteiger partial charge in [-0.25, -0.2) is 13.4 Å². The number of nitrogens with zero attached hydrogens (tertiary/aromatic N) is 2. The average Bonchev–Trinajstić information content (AvgIpc) is 3.02. The van der Waals surface area contributed by atoms with Gasteiger partial charge in [-0.15, -0.1) is 0 Å². The number of hydrogen-bond acceptors (Lipinski definition) is 4. The first kappa shape index (κ1) is 15.1. The first-order valence-corrected chi connectivity index (χ1v) is 8.90. The Balaban J connectivity index is 1.82. The Labute approximate surface area is 135 Å². The highest BCUT2D eigenvalue weighted by atomic mass is 35.5. The van der Waals surface area contributed by atoms with Gasteiger partial charge in [-0.1, -0.05) is 17.7 Å². The molecule has 1 fully saturated rings. The summed E-state index contributed by atoms with van der Waals surface area (Å²) in [6.45, 7) is 2.02. The van der Waals surface area contributed by atoms with Crippen LogP contribution >= 0.6 is 11.6 Å². The number of sulfonamides is 1. The number of benzene rings is 1. The third-order valence-electron chi connectivity index (χ3n) is 3.58. The van der Waals surface area contributed by atoms with Crippen molar-refractivity contribution in [2.75, 3.05) is 22.7 Å². The topological polar surface area (TPSA) is 62.3 Å². The minimum absolute atomic E-state index is 0.0866. The number of anilines is 2.